The van der Waals surface area contributed by atoms with Crippen molar-refractivity contribution in [2.24, 2.45) is 14.1 Å². The number of nitrogens with zero attached hydrogens (tertiary/aromatic N) is 6. The maximum atomic E-state index is 12.9. The molecule has 52 heavy (non-hydrogen) atoms. The van der Waals surface area contributed by atoms with Crippen LogP contribution >= 0.6 is 0 Å². The number of pyridine rings is 2. The third kappa shape index (κ3) is 9.18. The number of carbonyl (C=O) groups excluding carboxylic acids is 1. The molecule has 0 unspecified atom stereocenters. The smallest absolute Gasteiger partial charge is 0.416 e. The lowest BCUT2D eigenvalue weighted by Gasteiger charge is -2.11. The van der Waals surface area contributed by atoms with Crippen molar-refractivity contribution in [2.75, 3.05) is 11.1 Å². The molecule has 7 rings (SSSR count). The van der Waals surface area contributed by atoms with Gasteiger partial charge in [-0.25, -0.2) is 0 Å². The lowest BCUT2D eigenvalue weighted by molar-refractivity contribution is -0.137. The normalized spacial score (nSPS) is 10.9. The van der Waals surface area contributed by atoms with Gasteiger partial charge in [0.2, 0.25) is 0 Å². The zero-order valence-corrected chi connectivity index (χ0v) is 27.8. The quantitative estimate of drug-likeness (QED) is 0.151. The van der Waals surface area contributed by atoms with Crippen molar-refractivity contribution in [2.45, 2.75) is 6.18 Å². The zero-order chi connectivity index (χ0) is 36.7. The first-order valence-electron chi connectivity index (χ1n) is 15.7. The van der Waals surface area contributed by atoms with Crippen LogP contribution in [0.4, 0.5) is 24.5 Å². The molecule has 3 aromatic carbocycles. The van der Waals surface area contributed by atoms with Crippen molar-refractivity contribution in [3.8, 4) is 45.5 Å². The lowest BCUT2D eigenvalue weighted by Crippen LogP contribution is -2.13. The summed E-state index contributed by atoms with van der Waals surface area (Å²) in [5, 5.41) is 10.9. The van der Waals surface area contributed by atoms with E-state index in [2.05, 4.69) is 25.5 Å². The molecule has 1 amide bonds. The molecule has 0 aliphatic carbocycles. The number of halogens is 3. The third-order valence-electron chi connectivity index (χ3n) is 7.34. The molecule has 4 aromatic heterocycles. The van der Waals surface area contributed by atoms with E-state index in [1.807, 2.05) is 56.8 Å². The van der Waals surface area contributed by atoms with Crippen molar-refractivity contribution >= 4 is 17.3 Å². The van der Waals surface area contributed by atoms with Gasteiger partial charge in [-0.1, -0.05) is 18.2 Å². The molecule has 0 aliphatic rings. The summed E-state index contributed by atoms with van der Waals surface area (Å²) in [6.07, 6.45) is 6.00. The summed E-state index contributed by atoms with van der Waals surface area (Å²) in [4.78, 5) is 21.1. The molecule has 0 atom stereocenters. The Balaban J connectivity index is 0.000000198. The molecular formula is C38H31F3N8O3. The van der Waals surface area contributed by atoms with Gasteiger partial charge in [-0.2, -0.15) is 23.4 Å². The van der Waals surface area contributed by atoms with E-state index in [0.29, 0.717) is 40.1 Å². The minimum atomic E-state index is -4.52. The Labute approximate surface area is 296 Å². The Bertz CT molecular complexity index is 2320. The van der Waals surface area contributed by atoms with Crippen molar-refractivity contribution in [1.82, 2.24) is 29.5 Å². The topological polar surface area (TPSA) is 135 Å². The summed E-state index contributed by atoms with van der Waals surface area (Å²) >= 11 is 0. The highest BCUT2D eigenvalue weighted by Gasteiger charge is 2.31. The van der Waals surface area contributed by atoms with E-state index in [9.17, 15) is 18.0 Å². The summed E-state index contributed by atoms with van der Waals surface area (Å²) in [5.74, 6) is 1.73. The number of hydrogen-bond donors (Lipinski definition) is 2. The number of alkyl halides is 3. The predicted molar refractivity (Wildman–Crippen MR) is 190 cm³/mol. The van der Waals surface area contributed by atoms with Gasteiger partial charge >= 0.3 is 6.18 Å². The van der Waals surface area contributed by atoms with Crippen molar-refractivity contribution in [3.63, 3.8) is 0 Å². The molecule has 11 nitrogen and oxygen atoms in total. The number of amides is 1. The first kappa shape index (κ1) is 34.9. The third-order valence-corrected chi connectivity index (χ3v) is 7.34. The number of rotatable bonds is 8. The van der Waals surface area contributed by atoms with E-state index >= 15 is 0 Å². The van der Waals surface area contributed by atoms with Crippen LogP contribution in [0.25, 0.3) is 22.5 Å². The summed E-state index contributed by atoms with van der Waals surface area (Å²) in [7, 11) is 3.68. The zero-order valence-electron chi connectivity index (χ0n) is 27.8. The second-order valence-electron chi connectivity index (χ2n) is 11.4. The Morgan fingerprint density at radius 2 is 1.23 bits per heavy atom. The number of nitrogens with two attached hydrogens (primary N) is 1. The van der Waals surface area contributed by atoms with Crippen LogP contribution in [0.5, 0.6) is 23.0 Å². The van der Waals surface area contributed by atoms with Crippen LogP contribution in [0.15, 0.2) is 134 Å². The standard InChI is InChI=1S/C23H17F3N4O2.C15H14N4O/c1-30-14-16(13-28-30)21-12-20(8-9-27-21)32-19-7-3-6-18(11-19)29-22(31)15-4-2-5-17(10-15)23(24,25)26;1-19-10-11(9-18-19)15-8-14(5-6-17-15)20-13-4-2-3-12(16)7-13/h2-14H,1H3,(H,29,31);2-10H,16H2,1H3. The molecule has 262 valence electrons. The van der Waals surface area contributed by atoms with Gasteiger partial charge in [0.1, 0.15) is 23.0 Å². The second kappa shape index (κ2) is 15.3. The number of benzene rings is 3. The number of ether oxygens (including phenoxy) is 2. The fourth-order valence-electron chi connectivity index (χ4n) is 4.90. The minimum Gasteiger partial charge on any atom is -0.457 e. The fraction of sp³-hybridized carbons (Fsp3) is 0.0789. The lowest BCUT2D eigenvalue weighted by atomic mass is 10.1. The van der Waals surface area contributed by atoms with Crippen molar-refractivity contribution in [1.29, 1.82) is 0 Å². The molecule has 0 radical (unpaired) electrons. The number of anilines is 2. The molecule has 0 aliphatic heterocycles. The van der Waals surface area contributed by atoms with Crippen LogP contribution < -0.4 is 20.5 Å². The SMILES string of the molecule is Cn1cc(-c2cc(Oc3cccc(N)c3)ccn2)cn1.Cn1cc(-c2cc(Oc3cccc(NC(=O)c4cccc(C(F)(F)F)c4)c3)ccn2)cn1. The molecule has 0 saturated carbocycles. The van der Waals surface area contributed by atoms with Gasteiger partial charge in [-0.3, -0.25) is 24.1 Å². The summed E-state index contributed by atoms with van der Waals surface area (Å²) < 4.78 is 53.8. The Kier molecular flexibility index (Phi) is 10.3. The van der Waals surface area contributed by atoms with E-state index in [4.69, 9.17) is 15.2 Å². The molecule has 14 heteroatoms. The van der Waals surface area contributed by atoms with Crippen LogP contribution in [0.3, 0.4) is 0 Å². The van der Waals surface area contributed by atoms with E-state index in [0.717, 1.165) is 29.0 Å². The van der Waals surface area contributed by atoms with E-state index < -0.39 is 17.6 Å². The predicted octanol–water partition coefficient (Wildman–Crippen LogP) is 8.40. The second-order valence-corrected chi connectivity index (χ2v) is 11.4. The Hall–Kier alpha value is -6.96. The first-order chi connectivity index (χ1) is 25.0. The van der Waals surface area contributed by atoms with Gasteiger partial charge in [0.05, 0.1) is 29.3 Å². The summed E-state index contributed by atoms with van der Waals surface area (Å²) in [5.41, 5.74) is 9.09. The number of nitrogen functional groups attached to an aromatic ring is 1. The fourth-order valence-corrected chi connectivity index (χ4v) is 4.90. The monoisotopic (exact) mass is 704 g/mol. The summed E-state index contributed by atoms with van der Waals surface area (Å²) in [6, 6.07) is 25.3. The van der Waals surface area contributed by atoms with Crippen LogP contribution in [0.2, 0.25) is 0 Å². The molecule has 0 bridgehead atoms. The Morgan fingerprint density at radius 1 is 0.692 bits per heavy atom. The molecular weight excluding hydrogens is 673 g/mol. The highest BCUT2D eigenvalue weighted by molar-refractivity contribution is 6.04. The van der Waals surface area contributed by atoms with Gasteiger partial charge in [0, 0.05) is 91.2 Å². The van der Waals surface area contributed by atoms with Crippen molar-refractivity contribution in [3.05, 3.63) is 145 Å². The van der Waals surface area contributed by atoms with Crippen LogP contribution in [-0.4, -0.2) is 35.4 Å². The van der Waals surface area contributed by atoms with Crippen LogP contribution in [-0.2, 0) is 20.3 Å². The van der Waals surface area contributed by atoms with Gasteiger partial charge < -0.3 is 20.5 Å². The Morgan fingerprint density at radius 3 is 1.77 bits per heavy atom. The highest BCUT2D eigenvalue weighted by Crippen LogP contribution is 2.31. The average molecular weight is 705 g/mol. The number of aryl methyl sites for hydroxylation is 2. The number of nitrogens with one attached hydrogen (secondary N) is 1. The molecule has 0 saturated heterocycles. The number of carbonyl (C=O) groups is 1. The molecule has 0 spiro atoms. The van der Waals surface area contributed by atoms with Gasteiger partial charge in [0.15, 0.2) is 0 Å². The maximum absolute atomic E-state index is 12.9. The first-order valence-corrected chi connectivity index (χ1v) is 15.7. The summed E-state index contributed by atoms with van der Waals surface area (Å²) in [6.45, 7) is 0. The van der Waals surface area contributed by atoms with Crippen molar-refractivity contribution < 1.29 is 27.4 Å². The highest BCUT2D eigenvalue weighted by atomic mass is 19.4. The van der Waals surface area contributed by atoms with Gasteiger partial charge in [-0.15, -0.1) is 0 Å². The molecule has 3 N–H and O–H groups in total. The van der Waals surface area contributed by atoms with Crippen LogP contribution in [0, 0.1) is 0 Å². The largest absolute Gasteiger partial charge is 0.457 e. The number of hydrogen-bond acceptors (Lipinski definition) is 8. The molecule has 7 aromatic rings. The van der Waals surface area contributed by atoms with Gasteiger partial charge in [0.25, 0.3) is 5.91 Å². The molecule has 4 heterocycles. The van der Waals surface area contributed by atoms with E-state index in [1.54, 1.807) is 76.6 Å². The van der Waals surface area contributed by atoms with Crippen LogP contribution in [0.1, 0.15) is 15.9 Å². The average Bonchev–Trinajstić information content (AvgIpc) is 3.77. The number of aromatic nitrogens is 6. The minimum absolute atomic E-state index is 0.0959. The van der Waals surface area contributed by atoms with E-state index in [1.165, 1.54) is 12.1 Å². The molecule has 0 fully saturated rings. The van der Waals surface area contributed by atoms with E-state index in [-0.39, 0.29) is 5.56 Å². The maximum Gasteiger partial charge on any atom is 0.416 e. The van der Waals surface area contributed by atoms with Gasteiger partial charge in [-0.05, 0) is 54.6 Å².